The number of benzene rings is 2. The van der Waals surface area contributed by atoms with Crippen LogP contribution in [0.5, 0.6) is 0 Å². The Labute approximate surface area is 211 Å². The summed E-state index contributed by atoms with van der Waals surface area (Å²) in [5.74, 6) is 0.415. The van der Waals surface area contributed by atoms with Crippen molar-refractivity contribution in [2.45, 2.75) is 45.7 Å². The third-order valence-corrected chi connectivity index (χ3v) is 7.19. The summed E-state index contributed by atoms with van der Waals surface area (Å²) in [6.07, 6.45) is 3.77. The zero-order valence-electron chi connectivity index (χ0n) is 20.0. The van der Waals surface area contributed by atoms with E-state index in [1.807, 2.05) is 24.4 Å². The first-order valence-electron chi connectivity index (χ1n) is 11.7. The fourth-order valence-corrected chi connectivity index (χ4v) is 4.84. The first kappa shape index (κ1) is 24.6. The molecule has 1 aliphatic rings. The predicted molar refractivity (Wildman–Crippen MR) is 141 cm³/mol. The minimum Gasteiger partial charge on any atom is -0.368 e. The van der Waals surface area contributed by atoms with E-state index >= 15 is 0 Å². The number of nitrogens with one attached hydrogen (secondary N) is 2. The van der Waals surface area contributed by atoms with E-state index in [-0.39, 0.29) is 5.91 Å². The highest BCUT2D eigenvalue weighted by Gasteiger charge is 2.27. The molecule has 0 bridgehead atoms. The number of carbonyl (C=O) groups is 1. The maximum absolute atomic E-state index is 13.0. The summed E-state index contributed by atoms with van der Waals surface area (Å²) in [5.41, 5.74) is 3.88. The third kappa shape index (κ3) is 5.24. The highest BCUT2D eigenvalue weighted by Crippen LogP contribution is 2.31. The van der Waals surface area contributed by atoms with Crippen LogP contribution in [0, 0.1) is 0 Å². The topological polar surface area (TPSA) is 64.3 Å². The van der Waals surface area contributed by atoms with Gasteiger partial charge in [-0.25, -0.2) is 4.98 Å². The SMILES string of the molecule is CCCc1cnc(-c2cc(NC(=O)c3ccc(N4C[C@@H](C)N(C)[C@@H](C)C4)cc3Cl)ccc2Cl)[nH]1. The fraction of sp³-hybridized carbons (Fsp3) is 0.385. The molecule has 8 heteroatoms. The van der Waals surface area contributed by atoms with Crippen LogP contribution in [0.3, 0.4) is 0 Å². The molecule has 2 aromatic carbocycles. The van der Waals surface area contributed by atoms with Crippen molar-refractivity contribution in [1.29, 1.82) is 0 Å². The number of hydrogen-bond acceptors (Lipinski definition) is 4. The number of H-pyrrole nitrogens is 1. The lowest BCUT2D eigenvalue weighted by atomic mass is 10.1. The van der Waals surface area contributed by atoms with Crippen LogP contribution in [0.2, 0.25) is 10.0 Å². The summed E-state index contributed by atoms with van der Waals surface area (Å²) in [4.78, 5) is 25.5. The standard InChI is InChI=1S/C26H31Cl2N5O/c1-5-6-19-13-29-25(30-19)22-11-18(7-10-23(22)27)31-26(34)21-9-8-20(12-24(21)28)33-14-16(2)32(4)17(3)15-33/h7-13,16-17H,5-6,14-15H2,1-4H3,(H,29,30)(H,31,34)/t16-,17+. The van der Waals surface area contributed by atoms with Crippen molar-refractivity contribution in [3.8, 4) is 11.4 Å². The quantitative estimate of drug-likeness (QED) is 0.428. The Hall–Kier alpha value is -2.54. The number of rotatable bonds is 6. The average molecular weight is 500 g/mol. The van der Waals surface area contributed by atoms with Gasteiger partial charge in [-0.05, 0) is 63.7 Å². The minimum absolute atomic E-state index is 0.268. The molecule has 1 saturated heterocycles. The maximum atomic E-state index is 13.0. The van der Waals surface area contributed by atoms with Gasteiger partial charge in [0.2, 0.25) is 0 Å². The molecular weight excluding hydrogens is 469 g/mol. The van der Waals surface area contributed by atoms with E-state index < -0.39 is 0 Å². The maximum Gasteiger partial charge on any atom is 0.257 e. The van der Waals surface area contributed by atoms with Crippen molar-refractivity contribution < 1.29 is 4.79 Å². The molecule has 1 amide bonds. The number of anilines is 2. The molecule has 3 aromatic rings. The molecule has 180 valence electrons. The molecule has 2 N–H and O–H groups in total. The molecule has 0 radical (unpaired) electrons. The summed E-state index contributed by atoms with van der Waals surface area (Å²) in [6.45, 7) is 8.40. The molecule has 1 aromatic heterocycles. The van der Waals surface area contributed by atoms with Crippen LogP contribution in [0.15, 0.2) is 42.6 Å². The van der Waals surface area contributed by atoms with E-state index in [4.69, 9.17) is 23.2 Å². The zero-order valence-corrected chi connectivity index (χ0v) is 21.5. The van der Waals surface area contributed by atoms with Gasteiger partial charge in [-0.2, -0.15) is 0 Å². The Morgan fingerprint density at radius 1 is 1.12 bits per heavy atom. The van der Waals surface area contributed by atoms with Crippen molar-refractivity contribution in [1.82, 2.24) is 14.9 Å². The predicted octanol–water partition coefficient (Wildman–Crippen LogP) is 6.12. The van der Waals surface area contributed by atoms with Crippen molar-refractivity contribution in [3.63, 3.8) is 0 Å². The molecule has 2 heterocycles. The molecule has 34 heavy (non-hydrogen) atoms. The minimum atomic E-state index is -0.268. The Bertz CT molecular complexity index is 1170. The number of piperazine rings is 1. The van der Waals surface area contributed by atoms with E-state index in [1.165, 1.54) is 0 Å². The van der Waals surface area contributed by atoms with Crippen LogP contribution < -0.4 is 10.2 Å². The van der Waals surface area contributed by atoms with Gasteiger partial charge >= 0.3 is 0 Å². The van der Waals surface area contributed by atoms with Gasteiger partial charge in [0, 0.05) is 54.0 Å². The van der Waals surface area contributed by atoms with Gasteiger partial charge in [0.1, 0.15) is 5.82 Å². The zero-order chi connectivity index (χ0) is 24.4. The monoisotopic (exact) mass is 499 g/mol. The van der Waals surface area contributed by atoms with Gasteiger partial charge < -0.3 is 15.2 Å². The second kappa shape index (κ2) is 10.4. The van der Waals surface area contributed by atoms with Crippen molar-refractivity contribution in [2.75, 3.05) is 30.4 Å². The van der Waals surface area contributed by atoms with Gasteiger partial charge in [-0.1, -0.05) is 36.5 Å². The van der Waals surface area contributed by atoms with Crippen molar-refractivity contribution >= 4 is 40.5 Å². The summed E-state index contributed by atoms with van der Waals surface area (Å²) in [7, 11) is 2.16. The van der Waals surface area contributed by atoms with E-state index in [0.717, 1.165) is 42.9 Å². The Morgan fingerprint density at radius 2 is 1.85 bits per heavy atom. The van der Waals surface area contributed by atoms with Crippen molar-refractivity contribution in [2.24, 2.45) is 0 Å². The largest absolute Gasteiger partial charge is 0.368 e. The third-order valence-electron chi connectivity index (χ3n) is 6.55. The Kier molecular flexibility index (Phi) is 7.51. The van der Waals surface area contributed by atoms with Crippen LogP contribution in [0.25, 0.3) is 11.4 Å². The van der Waals surface area contributed by atoms with Gasteiger partial charge in [0.05, 0.1) is 15.6 Å². The molecule has 0 aliphatic carbocycles. The van der Waals surface area contributed by atoms with Gasteiger partial charge in [-0.15, -0.1) is 0 Å². The van der Waals surface area contributed by atoms with E-state index in [2.05, 4.69) is 52.9 Å². The normalized spacial score (nSPS) is 18.8. The summed E-state index contributed by atoms with van der Waals surface area (Å²) in [5, 5.41) is 3.94. The number of aromatic nitrogens is 2. The molecule has 1 fully saturated rings. The molecule has 4 rings (SSSR count). The number of halogens is 2. The highest BCUT2D eigenvalue weighted by atomic mass is 35.5. The Morgan fingerprint density at radius 3 is 2.53 bits per heavy atom. The smallest absolute Gasteiger partial charge is 0.257 e. The number of carbonyl (C=O) groups excluding carboxylic acids is 1. The lowest BCUT2D eigenvalue weighted by molar-refractivity contribution is 0.102. The average Bonchev–Trinajstić information content (AvgIpc) is 3.27. The van der Waals surface area contributed by atoms with Crippen LogP contribution in [0.1, 0.15) is 43.2 Å². The van der Waals surface area contributed by atoms with E-state index in [9.17, 15) is 4.79 Å². The lowest BCUT2D eigenvalue weighted by Gasteiger charge is -2.43. The second-order valence-electron chi connectivity index (χ2n) is 9.09. The number of nitrogens with zero attached hydrogens (tertiary/aromatic N) is 3. The molecule has 2 atom stereocenters. The fourth-order valence-electron chi connectivity index (χ4n) is 4.38. The first-order valence-corrected chi connectivity index (χ1v) is 12.4. The van der Waals surface area contributed by atoms with Crippen LogP contribution >= 0.6 is 23.2 Å². The highest BCUT2D eigenvalue weighted by molar-refractivity contribution is 6.35. The van der Waals surface area contributed by atoms with E-state index in [0.29, 0.717) is 39.2 Å². The molecule has 1 aliphatic heterocycles. The molecule has 0 saturated carbocycles. The summed E-state index contributed by atoms with van der Waals surface area (Å²) < 4.78 is 0. The molecule has 6 nitrogen and oxygen atoms in total. The number of likely N-dealkylation sites (N-methyl/N-ethyl adjacent to an activating group) is 1. The van der Waals surface area contributed by atoms with Crippen LogP contribution in [-0.2, 0) is 6.42 Å². The second-order valence-corrected chi connectivity index (χ2v) is 9.90. The number of aryl methyl sites for hydroxylation is 1. The number of amides is 1. The molecular formula is C26H31Cl2N5O. The molecule has 0 unspecified atom stereocenters. The van der Waals surface area contributed by atoms with Gasteiger partial charge in [0.15, 0.2) is 0 Å². The van der Waals surface area contributed by atoms with E-state index in [1.54, 1.807) is 18.2 Å². The van der Waals surface area contributed by atoms with Crippen LogP contribution in [0.4, 0.5) is 11.4 Å². The summed E-state index contributed by atoms with van der Waals surface area (Å²) >= 11 is 13.0. The first-order chi connectivity index (χ1) is 16.3. The Balaban J connectivity index is 1.50. The van der Waals surface area contributed by atoms with Crippen LogP contribution in [-0.4, -0.2) is 53.0 Å². The van der Waals surface area contributed by atoms with Gasteiger partial charge in [0.25, 0.3) is 5.91 Å². The number of imidazole rings is 1. The summed E-state index contributed by atoms with van der Waals surface area (Å²) in [6, 6.07) is 11.9. The lowest BCUT2D eigenvalue weighted by Crippen LogP contribution is -2.55. The van der Waals surface area contributed by atoms with Gasteiger partial charge in [-0.3, -0.25) is 9.69 Å². The van der Waals surface area contributed by atoms with Crippen molar-refractivity contribution in [3.05, 3.63) is 63.9 Å². The molecule has 0 spiro atoms. The number of aromatic amines is 1. The number of hydrogen-bond donors (Lipinski definition) is 2.